The maximum absolute atomic E-state index is 13.4. The molecular formula is C31H24N4O4. The van der Waals surface area contributed by atoms with E-state index in [9.17, 15) is 10.1 Å². The first-order chi connectivity index (χ1) is 19.1. The van der Waals surface area contributed by atoms with E-state index in [2.05, 4.69) is 11.2 Å². The fourth-order valence-electron chi connectivity index (χ4n) is 4.15. The third-order valence-electron chi connectivity index (χ3n) is 6.10. The molecule has 0 saturated heterocycles. The SMILES string of the molecule is COc1cc(C=Nn2c(-c3ccccc3)nc3ccccc3c2=O)cc(OC)c1OCc1ccccc1C#N. The van der Waals surface area contributed by atoms with Gasteiger partial charge in [-0.15, -0.1) is 0 Å². The van der Waals surface area contributed by atoms with Gasteiger partial charge in [0.05, 0.1) is 43.0 Å². The smallest absolute Gasteiger partial charge is 0.282 e. The lowest BCUT2D eigenvalue weighted by Crippen LogP contribution is -2.20. The Morgan fingerprint density at radius 2 is 1.59 bits per heavy atom. The molecule has 0 saturated carbocycles. The maximum Gasteiger partial charge on any atom is 0.282 e. The van der Waals surface area contributed by atoms with Gasteiger partial charge in [0.25, 0.3) is 5.56 Å². The molecule has 0 aliphatic rings. The van der Waals surface area contributed by atoms with Crippen LogP contribution in [-0.4, -0.2) is 30.1 Å². The molecule has 8 heteroatoms. The van der Waals surface area contributed by atoms with Crippen molar-refractivity contribution in [2.45, 2.75) is 6.61 Å². The number of nitriles is 1. The van der Waals surface area contributed by atoms with Crippen molar-refractivity contribution in [3.8, 4) is 34.7 Å². The molecule has 1 aromatic heterocycles. The lowest BCUT2D eigenvalue weighted by atomic mass is 10.1. The summed E-state index contributed by atoms with van der Waals surface area (Å²) in [6.07, 6.45) is 1.55. The number of nitrogens with zero attached hydrogens (tertiary/aromatic N) is 4. The fraction of sp³-hybridized carbons (Fsp3) is 0.0968. The van der Waals surface area contributed by atoms with E-state index < -0.39 is 0 Å². The minimum atomic E-state index is -0.286. The number of aromatic nitrogens is 2. The van der Waals surface area contributed by atoms with Crippen molar-refractivity contribution in [1.29, 1.82) is 5.26 Å². The molecule has 5 rings (SSSR count). The maximum atomic E-state index is 13.4. The van der Waals surface area contributed by atoms with Gasteiger partial charge in [0, 0.05) is 16.7 Å². The number of hydrogen-bond acceptors (Lipinski definition) is 7. The van der Waals surface area contributed by atoms with Crippen LogP contribution < -0.4 is 19.8 Å². The van der Waals surface area contributed by atoms with E-state index in [1.807, 2.05) is 48.5 Å². The van der Waals surface area contributed by atoms with E-state index in [0.29, 0.717) is 45.1 Å². The van der Waals surface area contributed by atoms with E-state index in [4.69, 9.17) is 19.2 Å². The van der Waals surface area contributed by atoms with Gasteiger partial charge in [-0.1, -0.05) is 60.7 Å². The van der Waals surface area contributed by atoms with Crippen molar-refractivity contribution in [3.63, 3.8) is 0 Å². The standard InChI is InChI=1S/C31H24N4O4/c1-37-27-16-21(17-28(38-2)29(27)39-20-24-13-7-6-12-23(24)18-32)19-33-35-30(22-10-4-3-5-11-22)34-26-15-9-8-14-25(26)31(35)36/h3-17,19H,20H2,1-2H3. The van der Waals surface area contributed by atoms with Crippen molar-refractivity contribution in [2.75, 3.05) is 14.2 Å². The summed E-state index contributed by atoms with van der Waals surface area (Å²) < 4.78 is 18.5. The molecular weight excluding hydrogens is 492 g/mol. The molecule has 0 radical (unpaired) electrons. The summed E-state index contributed by atoms with van der Waals surface area (Å²) in [4.78, 5) is 18.2. The van der Waals surface area contributed by atoms with Gasteiger partial charge >= 0.3 is 0 Å². The first-order valence-corrected chi connectivity index (χ1v) is 12.1. The molecule has 0 bridgehead atoms. The zero-order chi connectivity index (χ0) is 27.2. The molecule has 192 valence electrons. The molecule has 0 unspecified atom stereocenters. The highest BCUT2D eigenvalue weighted by atomic mass is 16.5. The molecule has 5 aromatic rings. The van der Waals surface area contributed by atoms with Gasteiger partial charge in [0.2, 0.25) is 5.75 Å². The first-order valence-electron chi connectivity index (χ1n) is 12.1. The zero-order valence-corrected chi connectivity index (χ0v) is 21.4. The van der Waals surface area contributed by atoms with E-state index in [1.165, 1.54) is 18.9 Å². The van der Waals surface area contributed by atoms with Crippen LogP contribution in [0.2, 0.25) is 0 Å². The molecule has 39 heavy (non-hydrogen) atoms. The number of rotatable bonds is 8. The van der Waals surface area contributed by atoms with Crippen LogP contribution in [0.5, 0.6) is 17.2 Å². The Morgan fingerprint density at radius 1 is 0.923 bits per heavy atom. The second-order valence-electron chi connectivity index (χ2n) is 8.49. The minimum Gasteiger partial charge on any atom is -0.493 e. The van der Waals surface area contributed by atoms with Crippen LogP contribution >= 0.6 is 0 Å². The Morgan fingerprint density at radius 3 is 2.31 bits per heavy atom. The van der Waals surface area contributed by atoms with E-state index in [-0.39, 0.29) is 12.2 Å². The third kappa shape index (κ3) is 5.20. The van der Waals surface area contributed by atoms with E-state index in [1.54, 1.807) is 48.7 Å². The minimum absolute atomic E-state index is 0.155. The summed E-state index contributed by atoms with van der Waals surface area (Å²) in [5.41, 5.74) is 2.96. The summed E-state index contributed by atoms with van der Waals surface area (Å²) >= 11 is 0. The number of methoxy groups -OCH3 is 2. The highest BCUT2D eigenvalue weighted by Crippen LogP contribution is 2.39. The van der Waals surface area contributed by atoms with Gasteiger partial charge in [-0.25, -0.2) is 4.98 Å². The Balaban J connectivity index is 1.54. The van der Waals surface area contributed by atoms with Gasteiger partial charge in [-0.3, -0.25) is 4.79 Å². The molecule has 0 spiro atoms. The number of para-hydroxylation sites is 1. The predicted octanol–water partition coefficient (Wildman–Crippen LogP) is 5.41. The second-order valence-corrected chi connectivity index (χ2v) is 8.49. The van der Waals surface area contributed by atoms with Crippen LogP contribution in [0, 0.1) is 11.3 Å². The number of benzene rings is 4. The van der Waals surface area contributed by atoms with Crippen LogP contribution in [-0.2, 0) is 6.61 Å². The normalized spacial score (nSPS) is 10.9. The first kappa shape index (κ1) is 25.2. The number of fused-ring (bicyclic) bond motifs is 1. The van der Waals surface area contributed by atoms with E-state index >= 15 is 0 Å². The van der Waals surface area contributed by atoms with Crippen LogP contribution in [0.25, 0.3) is 22.3 Å². The van der Waals surface area contributed by atoms with Gasteiger partial charge < -0.3 is 14.2 Å². The third-order valence-corrected chi connectivity index (χ3v) is 6.10. The molecule has 8 nitrogen and oxygen atoms in total. The Bertz CT molecular complexity index is 1750. The molecule has 0 aliphatic heterocycles. The molecule has 0 N–H and O–H groups in total. The molecule has 4 aromatic carbocycles. The zero-order valence-electron chi connectivity index (χ0n) is 21.4. The molecule has 0 amide bonds. The topological polar surface area (TPSA) is 98.7 Å². The van der Waals surface area contributed by atoms with Crippen LogP contribution in [0.1, 0.15) is 16.7 Å². The van der Waals surface area contributed by atoms with Crippen molar-refractivity contribution >= 4 is 17.1 Å². The average molecular weight is 517 g/mol. The Labute approximate surface area is 225 Å². The molecule has 0 atom stereocenters. The Hall–Kier alpha value is -5.42. The van der Waals surface area contributed by atoms with Crippen LogP contribution in [0.4, 0.5) is 0 Å². The highest BCUT2D eigenvalue weighted by Gasteiger charge is 2.16. The van der Waals surface area contributed by atoms with Gasteiger partial charge in [-0.05, 0) is 30.3 Å². The predicted molar refractivity (Wildman–Crippen MR) is 149 cm³/mol. The fourth-order valence-corrected chi connectivity index (χ4v) is 4.15. The lowest BCUT2D eigenvalue weighted by molar-refractivity contribution is 0.265. The van der Waals surface area contributed by atoms with Crippen LogP contribution in [0.15, 0.2) is 101 Å². The summed E-state index contributed by atoms with van der Waals surface area (Å²) in [6.45, 7) is 0.155. The average Bonchev–Trinajstić information content (AvgIpc) is 2.99. The molecule has 0 aliphatic carbocycles. The van der Waals surface area contributed by atoms with Gasteiger partial charge in [-0.2, -0.15) is 15.0 Å². The van der Waals surface area contributed by atoms with Gasteiger partial charge in [0.1, 0.15) is 6.61 Å². The van der Waals surface area contributed by atoms with Crippen LogP contribution in [0.3, 0.4) is 0 Å². The summed E-state index contributed by atoms with van der Waals surface area (Å²) in [7, 11) is 3.05. The van der Waals surface area contributed by atoms with Crippen molar-refractivity contribution in [1.82, 2.24) is 9.66 Å². The summed E-state index contributed by atoms with van der Waals surface area (Å²) in [5, 5.41) is 14.4. The van der Waals surface area contributed by atoms with Crippen molar-refractivity contribution < 1.29 is 14.2 Å². The van der Waals surface area contributed by atoms with E-state index in [0.717, 1.165) is 11.1 Å². The monoisotopic (exact) mass is 516 g/mol. The molecule has 1 heterocycles. The lowest BCUT2D eigenvalue weighted by Gasteiger charge is -2.16. The van der Waals surface area contributed by atoms with Crippen molar-refractivity contribution in [3.05, 3.63) is 118 Å². The molecule has 0 fully saturated rings. The number of ether oxygens (including phenoxy) is 3. The number of hydrogen-bond donors (Lipinski definition) is 0. The summed E-state index contributed by atoms with van der Waals surface area (Å²) in [6, 6.07) is 29.5. The van der Waals surface area contributed by atoms with Crippen molar-refractivity contribution in [2.24, 2.45) is 5.10 Å². The second kappa shape index (κ2) is 11.3. The van der Waals surface area contributed by atoms with Gasteiger partial charge in [0.15, 0.2) is 17.3 Å². The quantitative estimate of drug-likeness (QED) is 0.256. The summed E-state index contributed by atoms with van der Waals surface area (Å²) in [5.74, 6) is 1.64. The Kier molecular flexibility index (Phi) is 7.32. The largest absolute Gasteiger partial charge is 0.493 e. The highest BCUT2D eigenvalue weighted by molar-refractivity contribution is 5.83.